The van der Waals surface area contributed by atoms with Gasteiger partial charge >= 0.3 is 0 Å². The first-order chi connectivity index (χ1) is 0. The Bertz CT molecular complexity index is 11.6. The summed E-state index contributed by atoms with van der Waals surface area (Å²) in [5.41, 5.74) is 0. The Hall–Kier alpha value is 3.53. The van der Waals surface area contributed by atoms with Crippen molar-refractivity contribution in [3.63, 3.8) is 0 Å². The van der Waals surface area contributed by atoms with Crippen LogP contribution in [-0.4, -0.2) is 0 Å². The summed E-state index contributed by atoms with van der Waals surface area (Å²) in [6.45, 7) is 0. The minimum absolute atomic E-state index is 0. The van der Waals surface area contributed by atoms with E-state index >= 15 is 0 Å². The maximum atomic E-state index is 0. The van der Waals surface area contributed by atoms with E-state index in [4.69, 9.17) is 0 Å². The molecule has 0 saturated carbocycles. The molecule has 0 fully saturated rings. The monoisotopic (exact) mass is 482 g/mol. The molecule has 0 aliphatic rings. The molecule has 0 aromatic carbocycles. The van der Waals surface area contributed by atoms with Gasteiger partial charge in [-0.15, -0.1) is 0 Å². The molecule has 0 amide bonds. The van der Waals surface area contributed by atoms with Gasteiger partial charge in [0, 0.05) is 109 Å². The van der Waals surface area contributed by atoms with E-state index in [1.807, 2.05) is 0 Å². The molecule has 0 unspecified atom stereocenters. The third-order valence-electron chi connectivity index (χ3n) is 0. The maximum absolute atomic E-state index is 0. The molecule has 0 aromatic rings. The van der Waals surface area contributed by atoms with Gasteiger partial charge < -0.3 is 0 Å². The molecule has 0 bridgehead atoms. The molecule has 0 rings (SSSR count). The molecule has 0 atom stereocenters. The number of rotatable bonds is 0. The van der Waals surface area contributed by atoms with Crippen molar-refractivity contribution < 1.29 is 109 Å². The number of hydrogen-bond acceptors (Lipinski definition) is 0. The summed E-state index contributed by atoms with van der Waals surface area (Å²) < 4.78 is 0. The predicted octanol–water partition coefficient (Wildman–Crippen LogP) is -0.0125. The zero-order valence-electron chi connectivity index (χ0n) is 2.10. The summed E-state index contributed by atoms with van der Waals surface area (Å²) in [4.78, 5) is 0. The summed E-state index contributed by atoms with van der Waals surface area (Å²) in [5.74, 6) is 0. The van der Waals surface area contributed by atoms with Gasteiger partial charge in [-0.1, -0.05) is 0 Å². The van der Waals surface area contributed by atoms with Gasteiger partial charge in [-0.05, 0) is 0 Å². The van der Waals surface area contributed by atoms with Gasteiger partial charge in [-0.2, -0.15) is 0 Å². The van der Waals surface area contributed by atoms with Gasteiger partial charge in [0.2, 0.25) is 0 Å². The average molecular weight is 482 g/mol. The second kappa shape index (κ2) is 25.8. The van der Waals surface area contributed by atoms with Gasteiger partial charge in [-0.3, -0.25) is 0 Å². The summed E-state index contributed by atoms with van der Waals surface area (Å²) in [5, 5.41) is 0. The smallest absolute Gasteiger partial charge is 0 e. The van der Waals surface area contributed by atoms with Crippen molar-refractivity contribution in [3.05, 3.63) is 0 Å². The van der Waals surface area contributed by atoms with Crippen molar-refractivity contribution in [2.24, 2.45) is 0 Å². The largest absolute Gasteiger partial charge is 0 e. The topological polar surface area (TPSA) is 0 Å². The van der Waals surface area contributed by atoms with E-state index in [1.165, 1.54) is 0 Å². The van der Waals surface area contributed by atoms with E-state index in [9.17, 15) is 0 Å². The van der Waals surface area contributed by atoms with Crippen molar-refractivity contribution in [1.29, 1.82) is 0 Å². The molecule has 0 aromatic heterocycles. The zero-order chi connectivity index (χ0) is 0. The molecular formula is CuFeHfNbZr. The van der Waals surface area contributed by atoms with Crippen molar-refractivity contribution in [3.8, 4) is 0 Å². The first-order valence-electron chi connectivity index (χ1n) is 0. The van der Waals surface area contributed by atoms with Gasteiger partial charge in [0.15, 0.2) is 0 Å². The van der Waals surface area contributed by atoms with Gasteiger partial charge in [0.1, 0.15) is 0 Å². The molecule has 0 N–H and O–H groups in total. The summed E-state index contributed by atoms with van der Waals surface area (Å²) >= 11 is 0. The van der Waals surface area contributed by atoms with E-state index in [2.05, 4.69) is 0 Å². The number of hydrogen-bond donors (Lipinski definition) is 0. The van der Waals surface area contributed by atoms with Crippen LogP contribution in [0.4, 0.5) is 0 Å². The summed E-state index contributed by atoms with van der Waals surface area (Å²) in [6.07, 6.45) is 0. The standard InChI is InChI=1S/Cu.Fe.Hf.Nb.Zr. The second-order valence-electron chi connectivity index (χ2n) is 0. The molecule has 5 heteroatoms. The van der Waals surface area contributed by atoms with Crippen LogP contribution < -0.4 is 0 Å². The summed E-state index contributed by atoms with van der Waals surface area (Å²) in [6, 6.07) is 0. The molecule has 0 nitrogen and oxygen atoms in total. The van der Waals surface area contributed by atoms with Crippen LogP contribution >= 0.6 is 0 Å². The minimum Gasteiger partial charge on any atom is 0 e. The van der Waals surface area contributed by atoms with E-state index in [0.717, 1.165) is 0 Å². The first kappa shape index (κ1) is 38.8. The molecule has 2 radical (unpaired) electrons. The molecule has 0 spiro atoms. The first-order valence-corrected chi connectivity index (χ1v) is 0. The van der Waals surface area contributed by atoms with E-state index in [-0.39, 0.29) is 109 Å². The van der Waals surface area contributed by atoms with Crippen LogP contribution in [0.15, 0.2) is 0 Å². The summed E-state index contributed by atoms with van der Waals surface area (Å²) in [7, 11) is 0. The Labute approximate surface area is 106 Å². The Balaban J connectivity index is 0. The molecule has 5 heavy (non-hydrogen) atoms. The van der Waals surface area contributed by atoms with E-state index in [1.54, 1.807) is 0 Å². The molecule has 0 aliphatic carbocycles. The third-order valence-corrected chi connectivity index (χ3v) is 0. The van der Waals surface area contributed by atoms with E-state index in [0.29, 0.717) is 0 Å². The fourth-order valence-corrected chi connectivity index (χ4v) is 0. The van der Waals surface area contributed by atoms with Crippen LogP contribution in [0, 0.1) is 0 Å². The Morgan fingerprint density at radius 2 is 1.00 bits per heavy atom. The third kappa shape index (κ3) is 18.5. The van der Waals surface area contributed by atoms with Gasteiger partial charge in [0.05, 0.1) is 0 Å². The van der Waals surface area contributed by atoms with Crippen LogP contribution in [0.25, 0.3) is 0 Å². The van der Waals surface area contributed by atoms with Crippen LogP contribution in [0.3, 0.4) is 0 Å². The minimum atomic E-state index is 0. The molecule has 32 valence electrons. The average Bonchev–Trinajstić information content (AvgIpc) is 0. The molecule has 0 aliphatic heterocycles. The quantitative estimate of drug-likeness (QED) is 0.427. The Morgan fingerprint density at radius 1 is 1.00 bits per heavy atom. The van der Waals surface area contributed by atoms with Crippen molar-refractivity contribution >= 4 is 0 Å². The Morgan fingerprint density at radius 3 is 1.00 bits per heavy atom. The van der Waals surface area contributed by atoms with Crippen LogP contribution in [0.2, 0.25) is 0 Å². The van der Waals surface area contributed by atoms with Crippen LogP contribution in [-0.2, 0) is 109 Å². The maximum Gasteiger partial charge on any atom is 0 e. The predicted molar refractivity (Wildman–Crippen MR) is 0 cm³/mol. The molecule has 0 saturated heterocycles. The second-order valence-corrected chi connectivity index (χ2v) is 0. The molecule has 0 heterocycles. The van der Waals surface area contributed by atoms with Crippen molar-refractivity contribution in [2.75, 3.05) is 0 Å². The fourth-order valence-electron chi connectivity index (χ4n) is 0. The fraction of sp³-hybridized carbons (Fsp3) is 0. The van der Waals surface area contributed by atoms with Crippen molar-refractivity contribution in [2.45, 2.75) is 0 Å². The van der Waals surface area contributed by atoms with Crippen LogP contribution in [0.1, 0.15) is 0 Å². The normalized spacial score (nSPS) is 0. The van der Waals surface area contributed by atoms with Gasteiger partial charge in [0.25, 0.3) is 0 Å². The SMILES string of the molecule is [Cu].[Fe].[Hf].[Nb].[Zr]. The Kier molecular flexibility index (Phi) is 200. The molecular weight excluding hydrogens is 482 g/mol. The van der Waals surface area contributed by atoms with Gasteiger partial charge in [-0.25, -0.2) is 0 Å². The van der Waals surface area contributed by atoms with Crippen molar-refractivity contribution in [1.82, 2.24) is 0 Å². The zero-order valence-corrected chi connectivity index (χ0v) is 12.4. The van der Waals surface area contributed by atoms with Crippen LogP contribution in [0.5, 0.6) is 0 Å². The van der Waals surface area contributed by atoms with E-state index < -0.39 is 0 Å².